The summed E-state index contributed by atoms with van der Waals surface area (Å²) >= 11 is 0. The molecule has 1 aliphatic rings. The highest BCUT2D eigenvalue weighted by molar-refractivity contribution is 5.80. The van der Waals surface area contributed by atoms with Crippen LogP contribution in [0, 0.1) is 0 Å². The largest absolute Gasteiger partial charge is 0.368 e. The van der Waals surface area contributed by atoms with Crippen molar-refractivity contribution in [1.29, 1.82) is 0 Å². The number of nitrogens with zero attached hydrogens (tertiary/aromatic N) is 1. The third kappa shape index (κ3) is 2.04. The normalized spacial score (nSPS) is 24.2. The van der Waals surface area contributed by atoms with Gasteiger partial charge in [-0.2, -0.15) is 0 Å². The number of amides is 1. The fraction of sp³-hybridized carbons (Fsp3) is 0.750. The second-order valence-electron chi connectivity index (χ2n) is 3.05. The van der Waals surface area contributed by atoms with Crippen molar-refractivity contribution in [1.82, 2.24) is 4.90 Å². The summed E-state index contributed by atoms with van der Waals surface area (Å²) in [4.78, 5) is 22.9. The first-order valence-electron chi connectivity index (χ1n) is 4.22. The Kier molecular flexibility index (Phi) is 3.22. The zero-order valence-corrected chi connectivity index (χ0v) is 7.03. The van der Waals surface area contributed by atoms with E-state index in [1.807, 2.05) is 4.90 Å². The third-order valence-electron chi connectivity index (χ3n) is 2.23. The van der Waals surface area contributed by atoms with Gasteiger partial charge in [0.05, 0.1) is 6.04 Å². The Morgan fingerprint density at radius 2 is 2.42 bits per heavy atom. The molecule has 1 heterocycles. The molecule has 12 heavy (non-hydrogen) atoms. The summed E-state index contributed by atoms with van der Waals surface area (Å²) in [7, 11) is 0. The molecule has 1 unspecified atom stereocenters. The molecule has 0 bridgehead atoms. The fourth-order valence-electron chi connectivity index (χ4n) is 1.63. The van der Waals surface area contributed by atoms with Crippen molar-refractivity contribution < 1.29 is 9.59 Å². The lowest BCUT2D eigenvalue weighted by atomic mass is 10.2. The molecule has 0 radical (unpaired) electrons. The first kappa shape index (κ1) is 9.19. The highest BCUT2D eigenvalue weighted by Crippen LogP contribution is 2.16. The molecule has 0 aromatic rings. The van der Waals surface area contributed by atoms with Gasteiger partial charge in [0.25, 0.3) is 0 Å². The third-order valence-corrected chi connectivity index (χ3v) is 2.23. The summed E-state index contributed by atoms with van der Waals surface area (Å²) in [6, 6.07) is -0.134. The van der Waals surface area contributed by atoms with Crippen LogP contribution in [0.3, 0.4) is 0 Å². The summed E-state index contributed by atoms with van der Waals surface area (Å²) < 4.78 is 0. The van der Waals surface area contributed by atoms with Crippen molar-refractivity contribution in [3.8, 4) is 0 Å². The predicted octanol–water partition coefficient (Wildman–Crippen LogP) is -0.475. The summed E-state index contributed by atoms with van der Waals surface area (Å²) in [6.45, 7) is 1.55. The molecule has 1 rings (SSSR count). The summed E-state index contributed by atoms with van der Waals surface area (Å²) in [5, 5.41) is 0. The van der Waals surface area contributed by atoms with Crippen molar-refractivity contribution in [3.05, 3.63) is 0 Å². The van der Waals surface area contributed by atoms with Crippen LogP contribution in [0.5, 0.6) is 0 Å². The second-order valence-corrected chi connectivity index (χ2v) is 3.05. The van der Waals surface area contributed by atoms with Crippen LogP contribution in [0.15, 0.2) is 0 Å². The minimum absolute atomic E-state index is 0.134. The number of aldehydes is 1. The number of carbonyl (C=O) groups is 2. The topological polar surface area (TPSA) is 63.4 Å². The second kappa shape index (κ2) is 4.21. The standard InChI is InChI=1S/C8H14N2O2/c9-8(12)7-3-1-4-10(7)5-2-6-11/h6-7H,1-5H2,(H2,9,12). The van der Waals surface area contributed by atoms with Gasteiger partial charge in [-0.25, -0.2) is 0 Å². The van der Waals surface area contributed by atoms with E-state index in [1.165, 1.54) is 0 Å². The summed E-state index contributed by atoms with van der Waals surface area (Å²) in [5.74, 6) is -0.265. The van der Waals surface area contributed by atoms with E-state index < -0.39 is 0 Å². The smallest absolute Gasteiger partial charge is 0.234 e. The van der Waals surface area contributed by atoms with Gasteiger partial charge < -0.3 is 10.5 Å². The highest BCUT2D eigenvalue weighted by Gasteiger charge is 2.27. The number of primary amides is 1. The Labute approximate surface area is 71.7 Å². The molecular formula is C8H14N2O2. The van der Waals surface area contributed by atoms with Gasteiger partial charge in [-0.15, -0.1) is 0 Å². The molecule has 0 aromatic heterocycles. The van der Waals surface area contributed by atoms with Crippen LogP contribution in [0.2, 0.25) is 0 Å². The molecule has 68 valence electrons. The first-order chi connectivity index (χ1) is 5.75. The molecule has 0 saturated carbocycles. The van der Waals surface area contributed by atoms with E-state index in [-0.39, 0.29) is 11.9 Å². The lowest BCUT2D eigenvalue weighted by molar-refractivity contribution is -0.122. The molecule has 1 saturated heterocycles. The highest BCUT2D eigenvalue weighted by atomic mass is 16.1. The maximum Gasteiger partial charge on any atom is 0.234 e. The zero-order chi connectivity index (χ0) is 8.97. The quantitative estimate of drug-likeness (QED) is 0.580. The van der Waals surface area contributed by atoms with Crippen LogP contribution in [-0.4, -0.2) is 36.2 Å². The molecule has 4 heteroatoms. The van der Waals surface area contributed by atoms with Crippen LogP contribution < -0.4 is 5.73 Å². The minimum Gasteiger partial charge on any atom is -0.368 e. The molecule has 2 N–H and O–H groups in total. The van der Waals surface area contributed by atoms with E-state index in [0.717, 1.165) is 25.7 Å². The van der Waals surface area contributed by atoms with Crippen LogP contribution in [-0.2, 0) is 9.59 Å². The first-order valence-corrected chi connectivity index (χ1v) is 4.22. The van der Waals surface area contributed by atoms with Crippen LogP contribution in [0.1, 0.15) is 19.3 Å². The molecule has 1 amide bonds. The Balaban J connectivity index is 2.40. The number of likely N-dealkylation sites (tertiary alicyclic amines) is 1. The Hall–Kier alpha value is -0.900. The van der Waals surface area contributed by atoms with Crippen molar-refractivity contribution in [2.24, 2.45) is 5.73 Å². The Bertz CT molecular complexity index is 182. The fourth-order valence-corrected chi connectivity index (χ4v) is 1.63. The van der Waals surface area contributed by atoms with Gasteiger partial charge in [0, 0.05) is 13.0 Å². The van der Waals surface area contributed by atoms with Gasteiger partial charge >= 0.3 is 0 Å². The lowest BCUT2D eigenvalue weighted by Crippen LogP contribution is -2.40. The molecule has 0 spiro atoms. The average Bonchev–Trinajstić information content (AvgIpc) is 2.48. The molecule has 4 nitrogen and oxygen atoms in total. The van der Waals surface area contributed by atoms with Crippen molar-refractivity contribution in [2.45, 2.75) is 25.3 Å². The number of carbonyl (C=O) groups excluding carboxylic acids is 2. The van der Waals surface area contributed by atoms with E-state index >= 15 is 0 Å². The van der Waals surface area contributed by atoms with Gasteiger partial charge in [0.15, 0.2) is 0 Å². The maximum atomic E-state index is 10.9. The number of hydrogen-bond donors (Lipinski definition) is 1. The van der Waals surface area contributed by atoms with E-state index in [1.54, 1.807) is 0 Å². The van der Waals surface area contributed by atoms with Crippen molar-refractivity contribution in [3.63, 3.8) is 0 Å². The molecule has 1 fully saturated rings. The summed E-state index contributed by atoms with van der Waals surface area (Å²) in [5.41, 5.74) is 5.19. The Morgan fingerprint density at radius 3 is 3.00 bits per heavy atom. The van der Waals surface area contributed by atoms with Gasteiger partial charge in [-0.05, 0) is 19.4 Å². The lowest BCUT2D eigenvalue weighted by Gasteiger charge is -2.20. The van der Waals surface area contributed by atoms with Crippen molar-refractivity contribution in [2.75, 3.05) is 13.1 Å². The molecule has 0 aliphatic carbocycles. The average molecular weight is 170 g/mol. The molecule has 1 aliphatic heterocycles. The van der Waals surface area contributed by atoms with Gasteiger partial charge in [0.1, 0.15) is 6.29 Å². The maximum absolute atomic E-state index is 10.9. The minimum atomic E-state index is -0.265. The van der Waals surface area contributed by atoms with Gasteiger partial charge in [0.2, 0.25) is 5.91 Å². The van der Waals surface area contributed by atoms with E-state index in [4.69, 9.17) is 5.73 Å². The van der Waals surface area contributed by atoms with E-state index in [0.29, 0.717) is 13.0 Å². The Morgan fingerprint density at radius 1 is 1.67 bits per heavy atom. The van der Waals surface area contributed by atoms with Gasteiger partial charge in [-0.1, -0.05) is 0 Å². The van der Waals surface area contributed by atoms with E-state index in [9.17, 15) is 9.59 Å². The zero-order valence-electron chi connectivity index (χ0n) is 7.03. The number of rotatable bonds is 4. The van der Waals surface area contributed by atoms with Crippen molar-refractivity contribution >= 4 is 12.2 Å². The monoisotopic (exact) mass is 170 g/mol. The predicted molar refractivity (Wildman–Crippen MR) is 44.5 cm³/mol. The SMILES string of the molecule is NC(=O)C1CCCN1CCC=O. The van der Waals surface area contributed by atoms with Crippen LogP contribution >= 0.6 is 0 Å². The van der Waals surface area contributed by atoms with Gasteiger partial charge in [-0.3, -0.25) is 9.69 Å². The summed E-state index contributed by atoms with van der Waals surface area (Å²) in [6.07, 6.45) is 3.21. The molecular weight excluding hydrogens is 156 g/mol. The van der Waals surface area contributed by atoms with Crippen LogP contribution in [0.4, 0.5) is 0 Å². The van der Waals surface area contributed by atoms with E-state index in [2.05, 4.69) is 0 Å². The molecule has 0 aromatic carbocycles. The molecule has 1 atom stereocenters. The van der Waals surface area contributed by atoms with Crippen LogP contribution in [0.25, 0.3) is 0 Å². The number of nitrogens with two attached hydrogens (primary N) is 1. The number of hydrogen-bond acceptors (Lipinski definition) is 3.